The Morgan fingerprint density at radius 3 is 2.23 bits per heavy atom. The molecule has 0 saturated carbocycles. The Balaban J connectivity index is 1.93. The number of nitrogens with zero attached hydrogens (tertiary/aromatic N) is 2. The van der Waals surface area contributed by atoms with Crippen molar-refractivity contribution in [1.82, 2.24) is 0 Å². The molecule has 8 nitrogen and oxygen atoms in total. The number of amides is 2. The lowest BCUT2D eigenvalue weighted by atomic mass is 9.61. The van der Waals surface area contributed by atoms with Gasteiger partial charge in [-0.25, -0.2) is 18.1 Å². The van der Waals surface area contributed by atoms with Crippen molar-refractivity contribution in [2.24, 2.45) is 0 Å². The smallest absolute Gasteiger partial charge is 0.331 e. The quantitative estimate of drug-likeness (QED) is 0.352. The van der Waals surface area contributed by atoms with Crippen LogP contribution >= 0.6 is 0 Å². The molecule has 2 amide bonds. The van der Waals surface area contributed by atoms with Crippen molar-refractivity contribution in [3.8, 4) is 0 Å². The first kappa shape index (κ1) is 26.4. The fourth-order valence-corrected chi connectivity index (χ4v) is 7.57. The van der Waals surface area contributed by atoms with E-state index in [1.165, 1.54) is 19.1 Å². The number of sulfonamides is 1. The first-order valence-electron chi connectivity index (χ1n) is 12.6. The molecule has 0 radical (unpaired) electrons. The number of hydrogen-bond donors (Lipinski definition) is 0. The number of ether oxygens (including phenoxy) is 1. The molecular formula is C30H28N2O6S. The second-order valence-electron chi connectivity index (χ2n) is 9.59. The van der Waals surface area contributed by atoms with Crippen molar-refractivity contribution >= 4 is 39.2 Å². The van der Waals surface area contributed by atoms with Crippen LogP contribution in [0.25, 0.3) is 0 Å². The van der Waals surface area contributed by atoms with E-state index in [1.54, 1.807) is 73.7 Å². The lowest BCUT2D eigenvalue weighted by Gasteiger charge is -2.49. The summed E-state index contributed by atoms with van der Waals surface area (Å²) in [6, 6.07) is 18.0. The van der Waals surface area contributed by atoms with E-state index in [0.717, 1.165) is 14.8 Å². The van der Waals surface area contributed by atoms with Crippen LogP contribution in [-0.2, 0) is 34.6 Å². The SMILES string of the molecule is C=C[C@H]1c2ccccc2N(S(=O)(=O)c2ccc(C)cc2)[C@@H](C(=O)OCC)[C@]12C(=O)N(C(C)=O)c1ccccc12. The topological polar surface area (TPSA) is 101 Å². The second kappa shape index (κ2) is 9.50. The molecule has 2 aliphatic heterocycles. The van der Waals surface area contributed by atoms with Gasteiger partial charge in [-0.3, -0.25) is 13.9 Å². The van der Waals surface area contributed by atoms with Gasteiger partial charge in [0, 0.05) is 12.8 Å². The van der Waals surface area contributed by atoms with Crippen LogP contribution in [-0.4, -0.2) is 38.9 Å². The summed E-state index contributed by atoms with van der Waals surface area (Å²) in [4.78, 5) is 42.4. The summed E-state index contributed by atoms with van der Waals surface area (Å²) >= 11 is 0. The Labute approximate surface area is 227 Å². The van der Waals surface area contributed by atoms with Gasteiger partial charge in [0.25, 0.3) is 10.0 Å². The molecule has 9 heteroatoms. The molecule has 0 bridgehead atoms. The predicted molar refractivity (Wildman–Crippen MR) is 147 cm³/mol. The number of aryl methyl sites for hydroxylation is 1. The van der Waals surface area contributed by atoms with Crippen LogP contribution < -0.4 is 9.21 Å². The Bertz CT molecular complexity index is 1610. The van der Waals surface area contributed by atoms with Crippen LogP contribution in [0, 0.1) is 6.92 Å². The van der Waals surface area contributed by atoms with E-state index in [-0.39, 0.29) is 17.2 Å². The van der Waals surface area contributed by atoms with E-state index in [9.17, 15) is 22.8 Å². The Morgan fingerprint density at radius 1 is 1.00 bits per heavy atom. The number of fused-ring (bicyclic) bond motifs is 3. The van der Waals surface area contributed by atoms with Crippen molar-refractivity contribution in [2.45, 2.75) is 43.0 Å². The Morgan fingerprint density at radius 2 is 1.62 bits per heavy atom. The first-order chi connectivity index (χ1) is 18.6. The third-order valence-electron chi connectivity index (χ3n) is 7.45. The number of hydrogen-bond acceptors (Lipinski definition) is 6. The number of imide groups is 1. The predicted octanol–water partition coefficient (Wildman–Crippen LogP) is 4.24. The molecule has 0 unspecified atom stereocenters. The number of para-hydroxylation sites is 2. The molecule has 2 aliphatic rings. The molecule has 0 aromatic heterocycles. The van der Waals surface area contributed by atoms with E-state index in [0.29, 0.717) is 16.8 Å². The van der Waals surface area contributed by atoms with Crippen LogP contribution in [0.15, 0.2) is 90.3 Å². The van der Waals surface area contributed by atoms with E-state index in [2.05, 4.69) is 6.58 Å². The number of carbonyl (C=O) groups excluding carboxylic acids is 3. The molecule has 2 heterocycles. The molecule has 0 fully saturated rings. The summed E-state index contributed by atoms with van der Waals surface area (Å²) in [7, 11) is -4.42. The van der Waals surface area contributed by atoms with E-state index in [1.807, 2.05) is 6.92 Å². The maximum atomic E-state index is 14.6. The molecule has 1 spiro atoms. The van der Waals surface area contributed by atoms with Gasteiger partial charge in [-0.2, -0.15) is 0 Å². The number of rotatable bonds is 5. The summed E-state index contributed by atoms with van der Waals surface area (Å²) in [5.41, 5.74) is 0.364. The highest BCUT2D eigenvalue weighted by atomic mass is 32.2. The molecule has 200 valence electrons. The summed E-state index contributed by atoms with van der Waals surface area (Å²) in [5.74, 6) is -3.02. The van der Waals surface area contributed by atoms with Gasteiger partial charge in [0.1, 0.15) is 5.41 Å². The molecular weight excluding hydrogens is 516 g/mol. The zero-order valence-corrected chi connectivity index (χ0v) is 22.6. The number of esters is 1. The summed E-state index contributed by atoms with van der Waals surface area (Å²) in [5, 5.41) is 0. The van der Waals surface area contributed by atoms with Crippen molar-refractivity contribution in [2.75, 3.05) is 15.8 Å². The molecule has 3 aromatic rings. The normalized spacial score (nSPS) is 21.9. The molecule has 3 aromatic carbocycles. The standard InChI is InChI=1S/C30H28N2O6S/c1-5-23-22-11-7-9-13-25(22)32(39(36,37)21-17-15-19(3)16-18-21)27(28(34)38-6-2)30(23)24-12-8-10-14-26(24)31(20(4)33)29(30)35/h5,7-18,23,27H,1,6H2,2-4H3/t23-,27-,30-/m0/s1. The molecule has 0 N–H and O–H groups in total. The van der Waals surface area contributed by atoms with Crippen LogP contribution in [0.1, 0.15) is 36.5 Å². The van der Waals surface area contributed by atoms with E-state index < -0.39 is 45.2 Å². The molecule has 39 heavy (non-hydrogen) atoms. The average Bonchev–Trinajstić information content (AvgIpc) is 3.17. The maximum Gasteiger partial charge on any atom is 0.331 e. The van der Waals surface area contributed by atoms with Gasteiger partial charge in [-0.1, -0.05) is 60.2 Å². The van der Waals surface area contributed by atoms with Crippen molar-refractivity contribution in [3.05, 3.63) is 102 Å². The van der Waals surface area contributed by atoms with Gasteiger partial charge in [-0.05, 0) is 49.2 Å². The molecule has 0 aliphatic carbocycles. The lowest BCUT2D eigenvalue weighted by Crippen LogP contribution is -2.66. The highest BCUT2D eigenvalue weighted by molar-refractivity contribution is 7.93. The third kappa shape index (κ3) is 3.64. The van der Waals surface area contributed by atoms with Crippen LogP contribution in [0.5, 0.6) is 0 Å². The highest BCUT2D eigenvalue weighted by Crippen LogP contribution is 2.59. The van der Waals surface area contributed by atoms with Gasteiger partial charge in [0.2, 0.25) is 11.8 Å². The maximum absolute atomic E-state index is 14.6. The minimum Gasteiger partial charge on any atom is -0.464 e. The van der Waals surface area contributed by atoms with E-state index in [4.69, 9.17) is 4.74 Å². The summed E-state index contributed by atoms with van der Waals surface area (Å²) in [6.45, 7) is 8.65. The number of benzene rings is 3. The number of carbonyl (C=O) groups is 3. The van der Waals surface area contributed by atoms with Crippen LogP contribution in [0.4, 0.5) is 11.4 Å². The van der Waals surface area contributed by atoms with Crippen molar-refractivity contribution in [1.29, 1.82) is 0 Å². The van der Waals surface area contributed by atoms with Crippen LogP contribution in [0.2, 0.25) is 0 Å². The van der Waals surface area contributed by atoms with Gasteiger partial charge in [0.15, 0.2) is 6.04 Å². The number of allylic oxidation sites excluding steroid dienone is 1. The first-order valence-corrected chi connectivity index (χ1v) is 14.0. The zero-order chi connectivity index (χ0) is 28.1. The summed E-state index contributed by atoms with van der Waals surface area (Å²) < 4.78 is 35.4. The molecule has 0 saturated heterocycles. The van der Waals surface area contributed by atoms with Crippen molar-refractivity contribution < 1.29 is 27.5 Å². The van der Waals surface area contributed by atoms with Crippen molar-refractivity contribution in [3.63, 3.8) is 0 Å². The van der Waals surface area contributed by atoms with Gasteiger partial charge < -0.3 is 4.74 Å². The third-order valence-corrected chi connectivity index (χ3v) is 9.24. The average molecular weight is 545 g/mol. The van der Waals surface area contributed by atoms with Gasteiger partial charge in [-0.15, -0.1) is 6.58 Å². The van der Waals surface area contributed by atoms with Gasteiger partial charge >= 0.3 is 5.97 Å². The fraction of sp³-hybridized carbons (Fsp3) is 0.233. The number of anilines is 2. The largest absolute Gasteiger partial charge is 0.464 e. The second-order valence-corrected chi connectivity index (χ2v) is 11.4. The Hall–Kier alpha value is -4.24. The molecule has 5 rings (SSSR count). The fourth-order valence-electron chi connectivity index (χ4n) is 5.90. The van der Waals surface area contributed by atoms with Gasteiger partial charge in [0.05, 0.1) is 22.9 Å². The molecule has 3 atom stereocenters. The van der Waals surface area contributed by atoms with Crippen LogP contribution in [0.3, 0.4) is 0 Å². The lowest BCUT2D eigenvalue weighted by molar-refractivity contribution is -0.149. The Kier molecular flexibility index (Phi) is 6.42. The highest BCUT2D eigenvalue weighted by Gasteiger charge is 2.68. The minimum absolute atomic E-state index is 0.0451. The minimum atomic E-state index is -4.42. The zero-order valence-electron chi connectivity index (χ0n) is 21.8. The summed E-state index contributed by atoms with van der Waals surface area (Å²) in [6.07, 6.45) is 1.54. The monoisotopic (exact) mass is 544 g/mol. The van der Waals surface area contributed by atoms with E-state index >= 15 is 0 Å².